The Morgan fingerprint density at radius 3 is 2.70 bits per heavy atom. The fourth-order valence-corrected chi connectivity index (χ4v) is 0.734. The van der Waals surface area contributed by atoms with Gasteiger partial charge in [0.2, 0.25) is 0 Å². The second-order valence-corrected chi connectivity index (χ2v) is 3.11. The quantitative estimate of drug-likeness (QED) is 0.479. The third kappa shape index (κ3) is 2.64. The second kappa shape index (κ2) is 2.86. The fourth-order valence-electron chi connectivity index (χ4n) is 0.734. The zero-order chi connectivity index (χ0) is 7.61. The number of rotatable bonds is 4. The molecule has 0 saturated heterocycles. The van der Waals surface area contributed by atoms with E-state index in [0.717, 1.165) is 0 Å². The minimum Gasteiger partial charge on any atom is -0.375 e. The van der Waals surface area contributed by atoms with Crippen molar-refractivity contribution in [1.29, 1.82) is 0 Å². The molecule has 1 rings (SSSR count). The van der Waals surface area contributed by atoms with Gasteiger partial charge in [0.1, 0.15) is 5.72 Å². The summed E-state index contributed by atoms with van der Waals surface area (Å²) in [5.41, 5.74) is 4.49. The zero-order valence-corrected chi connectivity index (χ0v) is 6.43. The van der Waals surface area contributed by atoms with Crippen LogP contribution in [0.4, 0.5) is 0 Å². The molecule has 1 fully saturated rings. The van der Waals surface area contributed by atoms with Crippen molar-refractivity contribution in [3.05, 3.63) is 0 Å². The van der Waals surface area contributed by atoms with E-state index >= 15 is 0 Å². The highest BCUT2D eigenvalue weighted by Gasteiger charge is 2.25. The average Bonchev–Trinajstić information content (AvgIpc) is 2.66. The summed E-state index contributed by atoms with van der Waals surface area (Å²) in [4.78, 5) is 0. The van der Waals surface area contributed by atoms with E-state index in [1.165, 1.54) is 12.8 Å². The highest BCUT2D eigenvalue weighted by molar-refractivity contribution is 4.84. The summed E-state index contributed by atoms with van der Waals surface area (Å²) in [5, 5.41) is 12.5. The summed E-state index contributed by atoms with van der Waals surface area (Å²) in [5.74, 6) is 0. The van der Waals surface area contributed by atoms with Gasteiger partial charge in [0.05, 0.1) is 0 Å². The summed E-state index contributed by atoms with van der Waals surface area (Å²) in [6, 6.07) is 0.627. The first kappa shape index (κ1) is 7.98. The van der Waals surface area contributed by atoms with Gasteiger partial charge in [-0.15, -0.1) is 0 Å². The lowest BCUT2D eigenvalue weighted by atomic mass is 10.2. The number of hydrogen-bond acceptors (Lipinski definition) is 3. The SMILES string of the molecule is CCC(N)(O)CNC1CC1. The normalized spacial score (nSPS) is 24.3. The number of aliphatic hydroxyl groups is 1. The van der Waals surface area contributed by atoms with Gasteiger partial charge in [-0.25, -0.2) is 0 Å². The Morgan fingerprint density at radius 1 is 1.70 bits per heavy atom. The maximum atomic E-state index is 9.32. The number of nitrogens with two attached hydrogens (primary N) is 1. The van der Waals surface area contributed by atoms with Gasteiger partial charge in [0.15, 0.2) is 0 Å². The molecule has 1 aliphatic rings. The molecule has 0 aliphatic heterocycles. The van der Waals surface area contributed by atoms with Gasteiger partial charge in [0, 0.05) is 12.6 Å². The zero-order valence-electron chi connectivity index (χ0n) is 6.43. The van der Waals surface area contributed by atoms with Crippen LogP contribution in [-0.4, -0.2) is 23.4 Å². The van der Waals surface area contributed by atoms with Crippen molar-refractivity contribution in [1.82, 2.24) is 5.32 Å². The van der Waals surface area contributed by atoms with E-state index < -0.39 is 5.72 Å². The maximum absolute atomic E-state index is 9.32. The van der Waals surface area contributed by atoms with Crippen molar-refractivity contribution >= 4 is 0 Å². The topological polar surface area (TPSA) is 58.3 Å². The van der Waals surface area contributed by atoms with Crippen LogP contribution in [0.25, 0.3) is 0 Å². The Morgan fingerprint density at radius 2 is 2.30 bits per heavy atom. The molecule has 1 atom stereocenters. The predicted molar refractivity (Wildman–Crippen MR) is 40.5 cm³/mol. The van der Waals surface area contributed by atoms with Gasteiger partial charge in [-0.1, -0.05) is 6.92 Å². The highest BCUT2D eigenvalue weighted by atomic mass is 16.3. The molecule has 0 radical (unpaired) electrons. The molecule has 60 valence electrons. The molecule has 1 aliphatic carbocycles. The lowest BCUT2D eigenvalue weighted by Crippen LogP contribution is -2.48. The van der Waals surface area contributed by atoms with Crippen LogP contribution in [-0.2, 0) is 0 Å². The smallest absolute Gasteiger partial charge is 0.125 e. The first-order valence-corrected chi connectivity index (χ1v) is 3.89. The lowest BCUT2D eigenvalue weighted by Gasteiger charge is -2.21. The molecule has 0 heterocycles. The van der Waals surface area contributed by atoms with Crippen LogP contribution in [0.3, 0.4) is 0 Å². The molecule has 10 heavy (non-hydrogen) atoms. The van der Waals surface area contributed by atoms with E-state index in [1.54, 1.807) is 0 Å². The van der Waals surface area contributed by atoms with Crippen molar-refractivity contribution in [3.8, 4) is 0 Å². The molecular formula is C7H16N2O. The van der Waals surface area contributed by atoms with Gasteiger partial charge in [-0.2, -0.15) is 0 Å². The molecule has 0 aromatic heterocycles. The lowest BCUT2D eigenvalue weighted by molar-refractivity contribution is 0.0427. The Kier molecular flexibility index (Phi) is 2.28. The summed E-state index contributed by atoms with van der Waals surface area (Å²) in [6.07, 6.45) is 3.08. The third-order valence-corrected chi connectivity index (χ3v) is 1.89. The van der Waals surface area contributed by atoms with Crippen molar-refractivity contribution in [2.24, 2.45) is 5.73 Å². The van der Waals surface area contributed by atoms with Gasteiger partial charge in [-0.05, 0) is 19.3 Å². The van der Waals surface area contributed by atoms with Crippen LogP contribution >= 0.6 is 0 Å². The number of hydrogen-bond donors (Lipinski definition) is 3. The highest BCUT2D eigenvalue weighted by Crippen LogP contribution is 2.18. The van der Waals surface area contributed by atoms with Gasteiger partial charge in [-0.3, -0.25) is 0 Å². The van der Waals surface area contributed by atoms with Crippen molar-refractivity contribution in [3.63, 3.8) is 0 Å². The van der Waals surface area contributed by atoms with E-state index in [1.807, 2.05) is 6.92 Å². The minimum absolute atomic E-state index is 0.522. The van der Waals surface area contributed by atoms with Crippen LogP contribution < -0.4 is 11.1 Å². The summed E-state index contributed by atoms with van der Waals surface area (Å²) in [6.45, 7) is 2.41. The summed E-state index contributed by atoms with van der Waals surface area (Å²) in [7, 11) is 0. The Labute approximate surface area is 61.6 Å². The predicted octanol–water partition coefficient (Wildman–Crippen LogP) is -0.204. The Balaban J connectivity index is 2.09. The van der Waals surface area contributed by atoms with Gasteiger partial charge >= 0.3 is 0 Å². The molecule has 3 heteroatoms. The van der Waals surface area contributed by atoms with E-state index in [9.17, 15) is 5.11 Å². The first-order chi connectivity index (χ1) is 4.64. The van der Waals surface area contributed by atoms with Crippen LogP contribution in [0.15, 0.2) is 0 Å². The molecule has 0 aromatic carbocycles. The average molecular weight is 144 g/mol. The monoisotopic (exact) mass is 144 g/mol. The van der Waals surface area contributed by atoms with Crippen LogP contribution in [0.1, 0.15) is 26.2 Å². The summed E-state index contributed by atoms with van der Waals surface area (Å²) < 4.78 is 0. The van der Waals surface area contributed by atoms with Crippen LogP contribution in [0, 0.1) is 0 Å². The van der Waals surface area contributed by atoms with E-state index in [4.69, 9.17) is 5.73 Å². The van der Waals surface area contributed by atoms with Gasteiger partial charge in [0.25, 0.3) is 0 Å². The maximum Gasteiger partial charge on any atom is 0.125 e. The molecular weight excluding hydrogens is 128 g/mol. The summed E-state index contributed by atoms with van der Waals surface area (Å²) >= 11 is 0. The van der Waals surface area contributed by atoms with E-state index in [0.29, 0.717) is 19.0 Å². The second-order valence-electron chi connectivity index (χ2n) is 3.11. The van der Waals surface area contributed by atoms with E-state index in [-0.39, 0.29) is 0 Å². The standard InChI is InChI=1S/C7H16N2O/c1-2-7(8,10)5-9-6-3-4-6/h6,9-10H,2-5,8H2,1H3. The molecule has 4 N–H and O–H groups in total. The molecule has 1 saturated carbocycles. The van der Waals surface area contributed by atoms with Crippen LogP contribution in [0.2, 0.25) is 0 Å². The molecule has 1 unspecified atom stereocenters. The molecule has 0 aromatic rings. The fraction of sp³-hybridized carbons (Fsp3) is 1.00. The molecule has 0 spiro atoms. The van der Waals surface area contributed by atoms with Crippen molar-refractivity contribution in [2.45, 2.75) is 38.0 Å². The molecule has 0 bridgehead atoms. The van der Waals surface area contributed by atoms with Gasteiger partial charge < -0.3 is 16.2 Å². The Bertz CT molecular complexity index is 110. The van der Waals surface area contributed by atoms with Crippen molar-refractivity contribution in [2.75, 3.05) is 6.54 Å². The molecule has 0 amide bonds. The number of nitrogens with one attached hydrogen (secondary N) is 1. The third-order valence-electron chi connectivity index (χ3n) is 1.89. The molecule has 3 nitrogen and oxygen atoms in total. The van der Waals surface area contributed by atoms with Crippen LogP contribution in [0.5, 0.6) is 0 Å². The minimum atomic E-state index is -0.997. The largest absolute Gasteiger partial charge is 0.375 e. The first-order valence-electron chi connectivity index (χ1n) is 3.89. The van der Waals surface area contributed by atoms with E-state index in [2.05, 4.69) is 5.32 Å². The Hall–Kier alpha value is -0.120. The van der Waals surface area contributed by atoms with Crippen molar-refractivity contribution < 1.29 is 5.11 Å².